The van der Waals surface area contributed by atoms with Crippen molar-refractivity contribution >= 4 is 77.1 Å². The number of rotatable bonds is 3. The summed E-state index contributed by atoms with van der Waals surface area (Å²) in [4.78, 5) is 15.8. The normalized spacial score (nSPS) is 12.2. The van der Waals surface area contributed by atoms with Crippen molar-refractivity contribution < 1.29 is 0 Å². The Bertz CT molecular complexity index is 3420. The topological polar surface area (TPSA) is 57.4 Å². The highest BCUT2D eigenvalue weighted by Crippen LogP contribution is 2.37. The fourth-order valence-electron chi connectivity index (χ4n) is 8.32. The maximum absolute atomic E-state index is 5.40. The number of aromatic nitrogens is 7. The van der Waals surface area contributed by atoms with Gasteiger partial charge in [-0.25, -0.2) is 19.5 Å². The molecule has 0 atom stereocenters. The van der Waals surface area contributed by atoms with Crippen LogP contribution in [0.25, 0.3) is 100.0 Å². The van der Waals surface area contributed by atoms with E-state index in [1.165, 1.54) is 21.8 Å². The molecule has 0 aliphatic rings. The van der Waals surface area contributed by atoms with E-state index in [4.69, 9.17) is 15.0 Å². The second kappa shape index (κ2) is 10.2. The minimum absolute atomic E-state index is 0.580. The van der Waals surface area contributed by atoms with E-state index in [1.54, 1.807) is 0 Å². The molecule has 242 valence electrons. The molecule has 0 aliphatic carbocycles. The van der Waals surface area contributed by atoms with Gasteiger partial charge in [0.2, 0.25) is 11.7 Å². The fourth-order valence-corrected chi connectivity index (χ4v) is 8.32. The van der Waals surface area contributed by atoms with Gasteiger partial charge in [0.25, 0.3) is 0 Å². The lowest BCUT2D eigenvalue weighted by Gasteiger charge is -2.12. The van der Waals surface area contributed by atoms with Gasteiger partial charge in [-0.05, 0) is 71.4 Å². The second-order valence-corrected chi connectivity index (χ2v) is 13.4. The van der Waals surface area contributed by atoms with E-state index in [0.717, 1.165) is 72.2 Å². The molecule has 0 aliphatic heterocycles. The SMILES string of the molecule is c1ccc2c(-c3nc(-n4c5ccc(-n6c7ccccc7n7c8ccccc8cc67)cc5n5c6ccccc6nc45)nc4ccccc34)cccc2c1. The summed E-state index contributed by atoms with van der Waals surface area (Å²) in [5.74, 6) is 1.35. The summed E-state index contributed by atoms with van der Waals surface area (Å²) in [5.41, 5.74) is 12.5. The van der Waals surface area contributed by atoms with E-state index in [0.29, 0.717) is 5.95 Å². The summed E-state index contributed by atoms with van der Waals surface area (Å²) >= 11 is 0. The van der Waals surface area contributed by atoms with Crippen molar-refractivity contribution in [3.8, 4) is 22.9 Å². The van der Waals surface area contributed by atoms with Crippen molar-refractivity contribution in [2.45, 2.75) is 0 Å². The molecule has 52 heavy (non-hydrogen) atoms. The van der Waals surface area contributed by atoms with Gasteiger partial charge < -0.3 is 0 Å². The van der Waals surface area contributed by atoms with Crippen LogP contribution in [0.2, 0.25) is 0 Å². The van der Waals surface area contributed by atoms with Crippen molar-refractivity contribution in [2.24, 2.45) is 0 Å². The first-order valence-corrected chi connectivity index (χ1v) is 17.5. The lowest BCUT2D eigenvalue weighted by Crippen LogP contribution is -2.04. The van der Waals surface area contributed by atoms with Gasteiger partial charge in [0, 0.05) is 22.0 Å². The van der Waals surface area contributed by atoms with E-state index in [-0.39, 0.29) is 0 Å². The summed E-state index contributed by atoms with van der Waals surface area (Å²) in [5, 5.41) is 4.55. The Hall–Kier alpha value is -7.25. The molecule has 0 saturated heterocycles. The van der Waals surface area contributed by atoms with E-state index in [2.05, 4.69) is 170 Å². The first-order valence-electron chi connectivity index (χ1n) is 17.5. The number of imidazole rings is 3. The molecule has 0 bridgehead atoms. The molecule has 0 N–H and O–H groups in total. The third kappa shape index (κ3) is 3.66. The maximum Gasteiger partial charge on any atom is 0.238 e. The largest absolute Gasteiger partial charge is 0.294 e. The highest BCUT2D eigenvalue weighted by atomic mass is 15.3. The molecule has 12 rings (SSSR count). The van der Waals surface area contributed by atoms with E-state index < -0.39 is 0 Å². The zero-order valence-electron chi connectivity index (χ0n) is 27.7. The number of hydrogen-bond acceptors (Lipinski definition) is 3. The standard InChI is InChI=1S/C45H27N7/c1-3-15-31-28(12-1)14-11-17-32(31)43-33-16-4-5-18-34(33)46-44(48-43)52-40-25-24-30(27-41(40)51-37-21-8-6-19-35(37)47-45(51)52)49-38-22-9-10-23-39(38)50-36-20-7-2-13-29(36)26-42(49)50/h1-27H. The summed E-state index contributed by atoms with van der Waals surface area (Å²) in [6.07, 6.45) is 0. The zero-order valence-corrected chi connectivity index (χ0v) is 27.7. The Morgan fingerprint density at radius 1 is 0.385 bits per heavy atom. The molecule has 0 radical (unpaired) electrons. The van der Waals surface area contributed by atoms with Crippen LogP contribution >= 0.6 is 0 Å². The summed E-state index contributed by atoms with van der Waals surface area (Å²) < 4.78 is 9.10. The average molecular weight is 666 g/mol. The lowest BCUT2D eigenvalue weighted by atomic mass is 9.99. The van der Waals surface area contributed by atoms with Gasteiger partial charge in [-0.15, -0.1) is 0 Å². The molecular formula is C45H27N7. The van der Waals surface area contributed by atoms with Crippen LogP contribution in [0.5, 0.6) is 0 Å². The van der Waals surface area contributed by atoms with Gasteiger partial charge in [0.1, 0.15) is 5.65 Å². The highest BCUT2D eigenvalue weighted by Gasteiger charge is 2.23. The molecule has 5 heterocycles. The van der Waals surface area contributed by atoms with E-state index in [9.17, 15) is 0 Å². The van der Waals surface area contributed by atoms with Gasteiger partial charge in [-0.2, -0.15) is 0 Å². The summed E-state index contributed by atoms with van der Waals surface area (Å²) in [7, 11) is 0. The zero-order chi connectivity index (χ0) is 33.9. The molecule has 7 aromatic carbocycles. The van der Waals surface area contributed by atoms with Crippen molar-refractivity contribution in [1.82, 2.24) is 32.9 Å². The van der Waals surface area contributed by atoms with Gasteiger partial charge in [-0.3, -0.25) is 13.4 Å². The van der Waals surface area contributed by atoms with Crippen molar-refractivity contribution in [1.29, 1.82) is 0 Å². The molecule has 0 unspecified atom stereocenters. The molecule has 0 fully saturated rings. The smallest absolute Gasteiger partial charge is 0.238 e. The van der Waals surface area contributed by atoms with Crippen LogP contribution in [-0.4, -0.2) is 32.9 Å². The maximum atomic E-state index is 5.40. The first-order chi connectivity index (χ1) is 25.8. The number of fused-ring (bicyclic) bond motifs is 12. The fraction of sp³-hybridized carbons (Fsp3) is 0. The Morgan fingerprint density at radius 3 is 1.94 bits per heavy atom. The molecule has 5 aromatic heterocycles. The lowest BCUT2D eigenvalue weighted by molar-refractivity contribution is 0.987. The second-order valence-electron chi connectivity index (χ2n) is 13.4. The van der Waals surface area contributed by atoms with Crippen LogP contribution < -0.4 is 0 Å². The van der Waals surface area contributed by atoms with Gasteiger partial charge >= 0.3 is 0 Å². The predicted octanol–water partition coefficient (Wildman–Crippen LogP) is 10.5. The monoisotopic (exact) mass is 665 g/mol. The molecule has 7 heteroatoms. The third-order valence-electron chi connectivity index (χ3n) is 10.6. The highest BCUT2D eigenvalue weighted by molar-refractivity contribution is 6.04. The van der Waals surface area contributed by atoms with Crippen LogP contribution in [0, 0.1) is 0 Å². The Morgan fingerprint density at radius 2 is 1.06 bits per heavy atom. The molecule has 7 nitrogen and oxygen atoms in total. The van der Waals surface area contributed by atoms with Crippen LogP contribution in [0.3, 0.4) is 0 Å². The van der Waals surface area contributed by atoms with Gasteiger partial charge in [0.15, 0.2) is 0 Å². The van der Waals surface area contributed by atoms with E-state index in [1.807, 2.05) is 12.1 Å². The molecule has 0 spiro atoms. The minimum atomic E-state index is 0.580. The quantitative estimate of drug-likeness (QED) is 0.189. The summed E-state index contributed by atoms with van der Waals surface area (Å²) in [6.45, 7) is 0. The van der Waals surface area contributed by atoms with Crippen molar-refractivity contribution in [3.05, 3.63) is 164 Å². The molecule has 0 saturated carbocycles. The van der Waals surface area contributed by atoms with Crippen molar-refractivity contribution in [3.63, 3.8) is 0 Å². The number of hydrogen-bond donors (Lipinski definition) is 0. The number of nitrogens with zero attached hydrogens (tertiary/aromatic N) is 7. The number of para-hydroxylation sites is 6. The van der Waals surface area contributed by atoms with E-state index >= 15 is 0 Å². The van der Waals surface area contributed by atoms with Crippen LogP contribution in [-0.2, 0) is 0 Å². The van der Waals surface area contributed by atoms with Crippen LogP contribution in [0.1, 0.15) is 0 Å². The first kappa shape index (κ1) is 27.6. The predicted molar refractivity (Wildman–Crippen MR) is 211 cm³/mol. The number of benzene rings is 7. The third-order valence-corrected chi connectivity index (χ3v) is 10.6. The van der Waals surface area contributed by atoms with Crippen molar-refractivity contribution in [2.75, 3.05) is 0 Å². The average Bonchev–Trinajstić information content (AvgIpc) is 3.93. The van der Waals surface area contributed by atoms with Gasteiger partial charge in [-0.1, -0.05) is 103 Å². The minimum Gasteiger partial charge on any atom is -0.294 e. The Labute approximate surface area is 295 Å². The Balaban J connectivity index is 1.18. The molecule has 0 amide bonds. The van der Waals surface area contributed by atoms with Gasteiger partial charge in [0.05, 0.1) is 49.8 Å². The molecular weight excluding hydrogens is 639 g/mol. The summed E-state index contributed by atoms with van der Waals surface area (Å²) in [6, 6.07) is 57.7. The van der Waals surface area contributed by atoms with Crippen LogP contribution in [0.15, 0.2) is 164 Å². The Kier molecular flexibility index (Phi) is 5.38. The molecule has 12 aromatic rings. The van der Waals surface area contributed by atoms with Crippen LogP contribution in [0.4, 0.5) is 0 Å².